The highest BCUT2D eigenvalue weighted by atomic mass is 19.1. The van der Waals surface area contributed by atoms with Gasteiger partial charge in [-0.15, -0.1) is 5.10 Å². The van der Waals surface area contributed by atoms with Gasteiger partial charge in [0, 0.05) is 28.7 Å². The summed E-state index contributed by atoms with van der Waals surface area (Å²) in [5.74, 6) is -1.24. The summed E-state index contributed by atoms with van der Waals surface area (Å²) in [7, 11) is 1.50. The minimum Gasteiger partial charge on any atom is -0.494 e. The fourth-order valence-corrected chi connectivity index (χ4v) is 5.26. The molecule has 0 aliphatic carbocycles. The lowest BCUT2D eigenvalue weighted by atomic mass is 9.83. The Morgan fingerprint density at radius 2 is 1.90 bits per heavy atom. The van der Waals surface area contributed by atoms with Gasteiger partial charge in [0.05, 0.1) is 30.6 Å². The molecule has 3 heterocycles. The Morgan fingerprint density at radius 3 is 2.54 bits per heavy atom. The van der Waals surface area contributed by atoms with Gasteiger partial charge in [0.2, 0.25) is 0 Å². The number of nitrogens with one attached hydrogen (secondary N) is 1. The van der Waals surface area contributed by atoms with E-state index in [9.17, 15) is 14.3 Å². The maximum Gasteiger partial charge on any atom is 0.251 e. The molecule has 0 radical (unpaired) electrons. The number of aryl methyl sites for hydroxylation is 1. The van der Waals surface area contributed by atoms with E-state index in [1.165, 1.54) is 51.3 Å². The molecule has 214 valence electrons. The van der Waals surface area contributed by atoms with Crippen molar-refractivity contribution in [3.05, 3.63) is 82.7 Å². The number of carbonyl (C=O) groups excluding carboxylic acids is 1. The molecule has 41 heavy (non-hydrogen) atoms. The van der Waals surface area contributed by atoms with Crippen LogP contribution in [0.2, 0.25) is 0 Å². The first-order chi connectivity index (χ1) is 19.4. The molecule has 1 aliphatic heterocycles. The standard InChI is InChI=1S/C31H32F2N4O4/c1-17-10-11-41-31(17,16-34-29(38)21-13-20-12-18(2)36-37-27(20)24(14-21)40-5)25-15-23(30(3,4)39)26(33)28(35-25)19-6-8-22(32)9-7-19/h6-9,12-15,17,39H,10-11,16H2,1-5H3,(H,34,38). The predicted molar refractivity (Wildman–Crippen MR) is 149 cm³/mol. The van der Waals surface area contributed by atoms with Gasteiger partial charge in [0.1, 0.15) is 28.4 Å². The van der Waals surface area contributed by atoms with E-state index in [4.69, 9.17) is 9.47 Å². The summed E-state index contributed by atoms with van der Waals surface area (Å²) in [5.41, 5.74) is -0.362. The van der Waals surface area contributed by atoms with Crippen LogP contribution in [0.25, 0.3) is 22.2 Å². The molecule has 1 saturated heterocycles. The van der Waals surface area contributed by atoms with Crippen molar-refractivity contribution in [2.45, 2.75) is 45.3 Å². The minimum absolute atomic E-state index is 0.0194. The van der Waals surface area contributed by atoms with E-state index in [-0.39, 0.29) is 29.6 Å². The highest BCUT2D eigenvalue weighted by molar-refractivity contribution is 5.99. The van der Waals surface area contributed by atoms with Crippen molar-refractivity contribution in [2.75, 3.05) is 20.3 Å². The van der Waals surface area contributed by atoms with Crippen LogP contribution in [-0.2, 0) is 15.9 Å². The summed E-state index contributed by atoms with van der Waals surface area (Å²) in [6.07, 6.45) is 0.681. The number of aliphatic hydroxyl groups is 1. The molecule has 8 nitrogen and oxygen atoms in total. The van der Waals surface area contributed by atoms with Crippen molar-refractivity contribution in [1.29, 1.82) is 0 Å². The minimum atomic E-state index is -1.55. The van der Waals surface area contributed by atoms with E-state index in [1.54, 1.807) is 12.1 Å². The number of amides is 1. The van der Waals surface area contributed by atoms with E-state index < -0.39 is 22.8 Å². The van der Waals surface area contributed by atoms with Crippen LogP contribution < -0.4 is 10.1 Å². The monoisotopic (exact) mass is 562 g/mol. The Balaban J connectivity index is 1.56. The molecule has 4 aromatic rings. The van der Waals surface area contributed by atoms with Gasteiger partial charge >= 0.3 is 0 Å². The first-order valence-corrected chi connectivity index (χ1v) is 13.4. The van der Waals surface area contributed by atoms with Gasteiger partial charge in [0.25, 0.3) is 5.91 Å². The van der Waals surface area contributed by atoms with Crippen LogP contribution in [-0.4, -0.2) is 46.5 Å². The van der Waals surface area contributed by atoms with Crippen molar-refractivity contribution in [1.82, 2.24) is 20.5 Å². The third-order valence-corrected chi connectivity index (χ3v) is 7.64. The normalized spacial score (nSPS) is 19.0. The summed E-state index contributed by atoms with van der Waals surface area (Å²) in [6.45, 7) is 7.19. The quantitative estimate of drug-likeness (QED) is 0.319. The van der Waals surface area contributed by atoms with Crippen molar-refractivity contribution in [3.63, 3.8) is 0 Å². The number of hydrogen-bond donors (Lipinski definition) is 2. The molecule has 1 amide bonds. The van der Waals surface area contributed by atoms with Gasteiger partial charge in [-0.1, -0.05) is 6.92 Å². The third kappa shape index (κ3) is 5.37. The molecule has 2 aromatic heterocycles. The van der Waals surface area contributed by atoms with Crippen LogP contribution >= 0.6 is 0 Å². The molecule has 1 aliphatic rings. The first-order valence-electron chi connectivity index (χ1n) is 13.4. The molecule has 5 rings (SSSR count). The van der Waals surface area contributed by atoms with Gasteiger partial charge in [-0.25, -0.2) is 13.8 Å². The number of fused-ring (bicyclic) bond motifs is 1. The fraction of sp³-hybridized carbons (Fsp3) is 0.355. The second kappa shape index (κ2) is 10.8. The predicted octanol–water partition coefficient (Wildman–Crippen LogP) is 5.20. The molecule has 0 bridgehead atoms. The highest BCUT2D eigenvalue weighted by Crippen LogP contribution is 2.43. The number of aromatic nitrogens is 3. The summed E-state index contributed by atoms with van der Waals surface area (Å²) < 4.78 is 41.2. The Bertz CT molecular complexity index is 1620. The maximum atomic E-state index is 15.8. The molecule has 10 heteroatoms. The molecule has 2 aromatic carbocycles. The van der Waals surface area contributed by atoms with Crippen LogP contribution in [0.4, 0.5) is 8.78 Å². The van der Waals surface area contributed by atoms with Crippen LogP contribution in [0.1, 0.15) is 54.5 Å². The Labute approximate surface area is 236 Å². The number of nitrogens with zero attached hydrogens (tertiary/aromatic N) is 3. The molecular formula is C31H32F2N4O4. The molecular weight excluding hydrogens is 530 g/mol. The summed E-state index contributed by atoms with van der Waals surface area (Å²) in [4.78, 5) is 18.1. The van der Waals surface area contributed by atoms with Gasteiger partial charge in [-0.3, -0.25) is 4.79 Å². The van der Waals surface area contributed by atoms with Crippen molar-refractivity contribution in [2.24, 2.45) is 5.92 Å². The second-order valence-electron chi connectivity index (χ2n) is 11.0. The summed E-state index contributed by atoms with van der Waals surface area (Å²) >= 11 is 0. The number of pyridine rings is 1. The molecule has 1 fully saturated rings. The fourth-order valence-electron chi connectivity index (χ4n) is 5.26. The average Bonchev–Trinajstić information content (AvgIpc) is 3.31. The molecule has 2 unspecified atom stereocenters. The second-order valence-corrected chi connectivity index (χ2v) is 11.0. The van der Waals surface area contributed by atoms with Crippen LogP contribution in [0.5, 0.6) is 5.75 Å². The summed E-state index contributed by atoms with van der Waals surface area (Å²) in [6, 6.07) is 12.0. The molecule has 2 atom stereocenters. The third-order valence-electron chi connectivity index (χ3n) is 7.64. The molecule has 2 N–H and O–H groups in total. The number of hydrogen-bond acceptors (Lipinski definition) is 7. The van der Waals surface area contributed by atoms with Crippen LogP contribution in [0.3, 0.4) is 0 Å². The first kappa shape index (κ1) is 28.5. The topological polar surface area (TPSA) is 106 Å². The highest BCUT2D eigenvalue weighted by Gasteiger charge is 2.46. The molecule has 0 saturated carbocycles. The summed E-state index contributed by atoms with van der Waals surface area (Å²) in [5, 5.41) is 22.8. The Morgan fingerprint density at radius 1 is 1.17 bits per heavy atom. The number of halogens is 2. The van der Waals surface area contributed by atoms with Crippen molar-refractivity contribution in [3.8, 4) is 17.0 Å². The van der Waals surface area contributed by atoms with E-state index in [2.05, 4.69) is 20.5 Å². The lowest BCUT2D eigenvalue weighted by Crippen LogP contribution is -2.45. The van der Waals surface area contributed by atoms with Crippen LogP contribution in [0, 0.1) is 24.5 Å². The lowest BCUT2D eigenvalue weighted by Gasteiger charge is -2.34. The average molecular weight is 563 g/mol. The van der Waals surface area contributed by atoms with Gasteiger partial charge in [-0.05, 0) is 81.6 Å². The van der Waals surface area contributed by atoms with E-state index in [1.807, 2.05) is 19.9 Å². The number of rotatable bonds is 7. The zero-order chi connectivity index (χ0) is 29.5. The van der Waals surface area contributed by atoms with E-state index >= 15 is 4.39 Å². The maximum absolute atomic E-state index is 15.8. The zero-order valence-corrected chi connectivity index (χ0v) is 23.6. The van der Waals surface area contributed by atoms with Crippen molar-refractivity contribution >= 4 is 16.8 Å². The number of methoxy groups -OCH3 is 1. The van der Waals surface area contributed by atoms with Gasteiger partial charge in [-0.2, -0.15) is 5.10 Å². The lowest BCUT2D eigenvalue weighted by molar-refractivity contribution is -0.0246. The van der Waals surface area contributed by atoms with Gasteiger partial charge < -0.3 is 19.9 Å². The number of carbonyl (C=O) groups is 1. The van der Waals surface area contributed by atoms with Gasteiger partial charge in [0.15, 0.2) is 5.82 Å². The SMILES string of the molecule is COc1cc(C(=O)NCC2(c3cc(C(C)(C)O)c(F)c(-c4ccc(F)cc4)n3)OCCC2C)cc2cc(C)nnc12. The largest absolute Gasteiger partial charge is 0.494 e. The van der Waals surface area contributed by atoms with Crippen LogP contribution in [0.15, 0.2) is 48.5 Å². The smallest absolute Gasteiger partial charge is 0.251 e. The number of benzene rings is 2. The Hall–Kier alpha value is -4.02. The Kier molecular flexibility index (Phi) is 7.48. The molecule has 0 spiro atoms. The zero-order valence-electron chi connectivity index (χ0n) is 23.6. The van der Waals surface area contributed by atoms with Crippen molar-refractivity contribution < 1.29 is 28.2 Å². The van der Waals surface area contributed by atoms with E-state index in [0.717, 1.165) is 0 Å². The number of ether oxygens (including phenoxy) is 2. The van der Waals surface area contributed by atoms with E-state index in [0.29, 0.717) is 52.2 Å².